The van der Waals surface area contributed by atoms with E-state index in [4.69, 9.17) is 24.2 Å². The molecule has 1 aromatic rings. The van der Waals surface area contributed by atoms with Crippen LogP contribution in [0.3, 0.4) is 0 Å². The van der Waals surface area contributed by atoms with Crippen LogP contribution in [-0.4, -0.2) is 32.2 Å². The maximum atomic E-state index is 9.10. The van der Waals surface area contributed by atoms with E-state index in [1.807, 2.05) is 30.3 Å². The van der Waals surface area contributed by atoms with Gasteiger partial charge >= 0.3 is 0 Å². The average molecular weight is 273 g/mol. The quantitative estimate of drug-likeness (QED) is 0.824. The highest BCUT2D eigenvalue weighted by atomic mass is 16.7. The zero-order valence-electron chi connectivity index (χ0n) is 11.1. The first-order valence-electron chi connectivity index (χ1n) is 6.44. The van der Waals surface area contributed by atoms with Crippen LogP contribution in [0.15, 0.2) is 42.0 Å². The van der Waals surface area contributed by atoms with Crippen molar-refractivity contribution < 1.29 is 18.9 Å². The van der Waals surface area contributed by atoms with E-state index in [1.54, 1.807) is 6.08 Å². The lowest BCUT2D eigenvalue weighted by Crippen LogP contribution is -2.47. The molecule has 5 heteroatoms. The summed E-state index contributed by atoms with van der Waals surface area (Å²) in [6, 6.07) is 11.8. The highest BCUT2D eigenvalue weighted by Crippen LogP contribution is 2.32. The Hall–Kier alpha value is -1.71. The molecule has 0 spiro atoms. The minimum atomic E-state index is -0.637. The third kappa shape index (κ3) is 2.47. The van der Waals surface area contributed by atoms with Crippen LogP contribution in [0.5, 0.6) is 0 Å². The number of hydrogen-bond donors (Lipinski definition) is 0. The lowest BCUT2D eigenvalue weighted by atomic mass is 10.1. The molecule has 0 aliphatic carbocycles. The summed E-state index contributed by atoms with van der Waals surface area (Å²) in [6.07, 6.45) is 0.144. The van der Waals surface area contributed by atoms with Crippen LogP contribution in [0.4, 0.5) is 0 Å². The van der Waals surface area contributed by atoms with Gasteiger partial charge in [-0.1, -0.05) is 30.3 Å². The van der Waals surface area contributed by atoms with Crippen molar-refractivity contribution in [3.05, 3.63) is 47.5 Å². The molecule has 0 saturated carbocycles. The van der Waals surface area contributed by atoms with Gasteiger partial charge in [0, 0.05) is 12.7 Å². The van der Waals surface area contributed by atoms with Crippen LogP contribution >= 0.6 is 0 Å². The minimum absolute atomic E-state index is 0.253. The molecule has 104 valence electrons. The number of methoxy groups -OCH3 is 1. The van der Waals surface area contributed by atoms with Crippen molar-refractivity contribution in [1.82, 2.24) is 0 Å². The van der Waals surface area contributed by atoms with Gasteiger partial charge in [0.1, 0.15) is 12.2 Å². The largest absolute Gasteiger partial charge is 0.351 e. The maximum Gasteiger partial charge on any atom is 0.193 e. The van der Waals surface area contributed by atoms with Gasteiger partial charge in [-0.15, -0.1) is 0 Å². The van der Waals surface area contributed by atoms with E-state index in [2.05, 4.69) is 6.07 Å². The Bertz CT molecular complexity index is 537. The minimum Gasteiger partial charge on any atom is -0.351 e. The average Bonchev–Trinajstić information content (AvgIpc) is 2.53. The van der Waals surface area contributed by atoms with Gasteiger partial charge < -0.3 is 18.9 Å². The molecule has 4 atom stereocenters. The molecule has 0 radical (unpaired) electrons. The van der Waals surface area contributed by atoms with Crippen LogP contribution in [0.25, 0.3) is 0 Å². The van der Waals surface area contributed by atoms with Gasteiger partial charge in [0.05, 0.1) is 18.2 Å². The van der Waals surface area contributed by atoms with Crippen molar-refractivity contribution in [2.45, 2.75) is 24.8 Å². The van der Waals surface area contributed by atoms with Crippen LogP contribution in [0, 0.1) is 11.3 Å². The van der Waals surface area contributed by atoms with Crippen molar-refractivity contribution in [2.24, 2.45) is 0 Å². The molecule has 0 unspecified atom stereocenters. The zero-order valence-corrected chi connectivity index (χ0v) is 11.1. The molecule has 2 heterocycles. The molecule has 2 aliphatic heterocycles. The highest BCUT2D eigenvalue weighted by Gasteiger charge is 2.38. The Morgan fingerprint density at radius 1 is 1.25 bits per heavy atom. The molecule has 0 amide bonds. The van der Waals surface area contributed by atoms with Gasteiger partial charge in [0.25, 0.3) is 0 Å². The predicted molar refractivity (Wildman–Crippen MR) is 69.4 cm³/mol. The summed E-state index contributed by atoms with van der Waals surface area (Å²) in [6.45, 7) is 0.402. The summed E-state index contributed by atoms with van der Waals surface area (Å²) in [7, 11) is 1.51. The lowest BCUT2D eigenvalue weighted by Gasteiger charge is -2.39. The molecule has 20 heavy (non-hydrogen) atoms. The van der Waals surface area contributed by atoms with E-state index >= 15 is 0 Å². The summed E-state index contributed by atoms with van der Waals surface area (Å²) < 4.78 is 22.3. The third-order valence-electron chi connectivity index (χ3n) is 3.37. The summed E-state index contributed by atoms with van der Waals surface area (Å²) in [5, 5.41) is 9.10. The molecule has 1 saturated heterocycles. The topological polar surface area (TPSA) is 60.7 Å². The molecule has 3 rings (SSSR count). The van der Waals surface area contributed by atoms with Gasteiger partial charge in [0.2, 0.25) is 0 Å². The molecular weight excluding hydrogens is 258 g/mol. The highest BCUT2D eigenvalue weighted by molar-refractivity contribution is 5.28. The smallest absolute Gasteiger partial charge is 0.193 e. The molecule has 5 nitrogen and oxygen atoms in total. The molecule has 0 bridgehead atoms. The Balaban J connectivity index is 1.79. The van der Waals surface area contributed by atoms with Crippen molar-refractivity contribution in [2.75, 3.05) is 13.7 Å². The van der Waals surface area contributed by atoms with Crippen LogP contribution in [0.2, 0.25) is 0 Å². The van der Waals surface area contributed by atoms with Gasteiger partial charge in [-0.2, -0.15) is 5.26 Å². The fraction of sp³-hybridized carbons (Fsp3) is 0.400. The number of fused-ring (bicyclic) bond motifs is 1. The van der Waals surface area contributed by atoms with Crippen molar-refractivity contribution in [1.29, 1.82) is 5.26 Å². The summed E-state index contributed by atoms with van der Waals surface area (Å²) in [5.74, 6) is 0. The number of rotatable bonds is 2. The van der Waals surface area contributed by atoms with Gasteiger partial charge in [-0.05, 0) is 6.08 Å². The summed E-state index contributed by atoms with van der Waals surface area (Å²) >= 11 is 0. The number of ether oxygens (including phenoxy) is 4. The monoisotopic (exact) mass is 273 g/mol. The second kappa shape index (κ2) is 5.73. The molecule has 0 N–H and O–H groups in total. The first kappa shape index (κ1) is 13.3. The predicted octanol–water partition coefficient (Wildman–Crippen LogP) is 1.92. The fourth-order valence-corrected chi connectivity index (χ4v) is 2.36. The van der Waals surface area contributed by atoms with E-state index in [0.29, 0.717) is 12.2 Å². The third-order valence-corrected chi connectivity index (χ3v) is 3.37. The number of hydrogen-bond acceptors (Lipinski definition) is 5. The molecule has 1 fully saturated rings. The second-order valence-corrected chi connectivity index (χ2v) is 4.65. The molecule has 1 aromatic carbocycles. The lowest BCUT2D eigenvalue weighted by molar-refractivity contribution is -0.282. The van der Waals surface area contributed by atoms with E-state index in [9.17, 15) is 0 Å². The first-order chi connectivity index (χ1) is 9.81. The van der Waals surface area contributed by atoms with Crippen LogP contribution in [-0.2, 0) is 18.9 Å². The van der Waals surface area contributed by atoms with E-state index in [-0.39, 0.29) is 12.2 Å². The Kier molecular flexibility index (Phi) is 3.81. The van der Waals surface area contributed by atoms with Crippen LogP contribution in [0.1, 0.15) is 11.9 Å². The van der Waals surface area contributed by atoms with Crippen molar-refractivity contribution in [3.8, 4) is 6.07 Å². The Morgan fingerprint density at radius 2 is 2.05 bits per heavy atom. The molecular formula is C15H15NO4. The number of nitrogens with zero attached hydrogens (tertiary/aromatic N) is 1. The molecule has 2 aliphatic rings. The normalized spacial score (nSPS) is 32.9. The summed E-state index contributed by atoms with van der Waals surface area (Å²) in [4.78, 5) is 0. The Labute approximate surface area is 117 Å². The summed E-state index contributed by atoms with van der Waals surface area (Å²) in [5.41, 5.74) is 1.38. The first-order valence-corrected chi connectivity index (χ1v) is 6.44. The number of benzene rings is 1. The Morgan fingerprint density at radius 3 is 2.75 bits per heavy atom. The number of nitriles is 1. The van der Waals surface area contributed by atoms with Crippen molar-refractivity contribution in [3.63, 3.8) is 0 Å². The van der Waals surface area contributed by atoms with E-state index in [0.717, 1.165) is 5.56 Å². The van der Waals surface area contributed by atoms with E-state index < -0.39 is 12.6 Å². The van der Waals surface area contributed by atoms with Gasteiger partial charge in [-0.3, -0.25) is 0 Å². The maximum absolute atomic E-state index is 9.10. The SMILES string of the molecule is CO[C@H]1O[C@@H]2CO[C@@H](c3ccccc3)O[C@H]2C=C1C#N. The van der Waals surface area contributed by atoms with Crippen LogP contribution < -0.4 is 0 Å². The fourth-order valence-electron chi connectivity index (χ4n) is 2.36. The zero-order chi connectivity index (χ0) is 13.9. The van der Waals surface area contributed by atoms with Crippen molar-refractivity contribution >= 4 is 0 Å². The van der Waals surface area contributed by atoms with Gasteiger partial charge in [0.15, 0.2) is 12.6 Å². The molecule has 0 aromatic heterocycles. The van der Waals surface area contributed by atoms with Gasteiger partial charge in [-0.25, -0.2) is 0 Å². The second-order valence-electron chi connectivity index (χ2n) is 4.65. The van der Waals surface area contributed by atoms with E-state index in [1.165, 1.54) is 7.11 Å². The standard InChI is InChI=1S/C15H15NO4/c1-17-14-11(8-16)7-12-13(20-14)9-18-15(19-12)10-5-3-2-4-6-10/h2-7,12-15H,9H2,1H3/t12-,13+,14-,15+/m0/s1.